The van der Waals surface area contributed by atoms with Crippen LogP contribution in [0.3, 0.4) is 0 Å². The van der Waals surface area contributed by atoms with Crippen LogP contribution in [0, 0.1) is 0 Å². The van der Waals surface area contributed by atoms with Gasteiger partial charge in [-0.2, -0.15) is 9.78 Å². The number of rotatable bonds is 6. The van der Waals surface area contributed by atoms with Crippen LogP contribution in [0.25, 0.3) is 5.69 Å². The minimum Gasteiger partial charge on any atom is -0.382 e. The zero-order valence-corrected chi connectivity index (χ0v) is 12.8. The molecule has 0 radical (unpaired) electrons. The van der Waals surface area contributed by atoms with Crippen LogP contribution < -0.4 is 16.2 Å². The summed E-state index contributed by atoms with van der Waals surface area (Å²) < 4.78 is 1.27. The van der Waals surface area contributed by atoms with Crippen LogP contribution in [0.4, 0.5) is 11.4 Å². The highest BCUT2D eigenvalue weighted by Crippen LogP contribution is 2.16. The van der Waals surface area contributed by atoms with Crippen molar-refractivity contribution in [1.82, 2.24) is 9.78 Å². The Labute approximate surface area is 129 Å². The molecule has 2 aromatic rings. The van der Waals surface area contributed by atoms with Crippen LogP contribution in [-0.2, 0) is 4.79 Å². The highest BCUT2D eigenvalue weighted by molar-refractivity contribution is 5.92. The second-order valence-corrected chi connectivity index (χ2v) is 4.95. The molecule has 2 N–H and O–H groups in total. The lowest BCUT2D eigenvalue weighted by Gasteiger charge is -2.13. The second kappa shape index (κ2) is 7.40. The van der Waals surface area contributed by atoms with Crippen molar-refractivity contribution in [2.45, 2.75) is 26.7 Å². The molecule has 0 aliphatic carbocycles. The summed E-state index contributed by atoms with van der Waals surface area (Å²) in [6.07, 6.45) is 3.58. The third-order valence-electron chi connectivity index (χ3n) is 3.13. The molecule has 0 spiro atoms. The molecule has 22 heavy (non-hydrogen) atoms. The number of unbranched alkanes of at least 4 members (excludes halogenated alkanes) is 1. The molecule has 6 heteroatoms. The van der Waals surface area contributed by atoms with Crippen LogP contribution in [0.1, 0.15) is 26.7 Å². The lowest BCUT2D eigenvalue weighted by Crippen LogP contribution is -2.27. The summed E-state index contributed by atoms with van der Waals surface area (Å²) in [6, 6.07) is 9.10. The molecule has 0 aliphatic heterocycles. The number of hydrogen-bond donors (Lipinski definition) is 2. The number of nitrogens with one attached hydrogen (secondary N) is 2. The topological polar surface area (TPSA) is 76.0 Å². The van der Waals surface area contributed by atoms with Gasteiger partial charge in [0.05, 0.1) is 17.6 Å². The maximum Gasteiger partial charge on any atom is 0.297 e. The van der Waals surface area contributed by atoms with E-state index in [1.165, 1.54) is 11.6 Å². The summed E-state index contributed by atoms with van der Waals surface area (Å²) in [6.45, 7) is 4.18. The first-order valence-electron chi connectivity index (χ1n) is 7.32. The molecule has 0 fully saturated rings. The van der Waals surface area contributed by atoms with Crippen molar-refractivity contribution in [2.75, 3.05) is 17.2 Å². The van der Waals surface area contributed by atoms with Crippen molar-refractivity contribution in [3.05, 3.63) is 46.9 Å². The largest absolute Gasteiger partial charge is 0.382 e. The molecule has 0 aliphatic rings. The SMILES string of the molecule is CCCCNc1cnn(-c2ccccc2)c(=O)c1NC(C)=O. The molecule has 1 heterocycles. The van der Waals surface area contributed by atoms with Crippen molar-refractivity contribution in [3.63, 3.8) is 0 Å². The summed E-state index contributed by atoms with van der Waals surface area (Å²) in [5.41, 5.74) is 1.06. The van der Waals surface area contributed by atoms with Crippen molar-refractivity contribution < 1.29 is 4.79 Å². The van der Waals surface area contributed by atoms with E-state index >= 15 is 0 Å². The number of anilines is 2. The normalized spacial score (nSPS) is 10.3. The van der Waals surface area contributed by atoms with Gasteiger partial charge >= 0.3 is 0 Å². The van der Waals surface area contributed by atoms with E-state index in [4.69, 9.17) is 0 Å². The van der Waals surface area contributed by atoms with Crippen LogP contribution >= 0.6 is 0 Å². The Morgan fingerprint density at radius 2 is 2.00 bits per heavy atom. The Kier molecular flexibility index (Phi) is 5.30. The number of amides is 1. The molecular weight excluding hydrogens is 280 g/mol. The standard InChI is InChI=1S/C16H20N4O2/c1-3-4-10-17-14-11-18-20(13-8-6-5-7-9-13)16(22)15(14)19-12(2)21/h5-9,11,17H,3-4,10H2,1-2H3,(H,19,21). The van der Waals surface area contributed by atoms with Crippen LogP contribution in [0.2, 0.25) is 0 Å². The first-order chi connectivity index (χ1) is 10.6. The maximum absolute atomic E-state index is 12.6. The minimum atomic E-state index is -0.358. The highest BCUT2D eigenvalue weighted by atomic mass is 16.2. The molecule has 0 saturated carbocycles. The van der Waals surface area contributed by atoms with E-state index in [1.54, 1.807) is 18.3 Å². The fourth-order valence-corrected chi connectivity index (χ4v) is 2.04. The van der Waals surface area contributed by atoms with E-state index in [9.17, 15) is 9.59 Å². The first-order valence-corrected chi connectivity index (χ1v) is 7.32. The molecule has 6 nitrogen and oxygen atoms in total. The lowest BCUT2D eigenvalue weighted by molar-refractivity contribution is -0.114. The predicted molar refractivity (Wildman–Crippen MR) is 87.5 cm³/mol. The first kappa shape index (κ1) is 15.8. The molecule has 1 amide bonds. The van der Waals surface area contributed by atoms with E-state index in [-0.39, 0.29) is 17.2 Å². The Balaban J connectivity index is 2.43. The van der Waals surface area contributed by atoms with Gasteiger partial charge in [0.25, 0.3) is 5.56 Å². The zero-order chi connectivity index (χ0) is 15.9. The van der Waals surface area contributed by atoms with Crippen molar-refractivity contribution >= 4 is 17.3 Å². The van der Waals surface area contributed by atoms with Gasteiger partial charge in [0, 0.05) is 13.5 Å². The van der Waals surface area contributed by atoms with Gasteiger partial charge in [-0.15, -0.1) is 0 Å². The third kappa shape index (κ3) is 3.72. The second-order valence-electron chi connectivity index (χ2n) is 4.95. The number of nitrogens with zero attached hydrogens (tertiary/aromatic N) is 2. The predicted octanol–water partition coefficient (Wildman–Crippen LogP) is 2.40. The number of aromatic nitrogens is 2. The summed E-state index contributed by atoms with van der Waals surface area (Å²) >= 11 is 0. The van der Waals surface area contributed by atoms with E-state index in [0.717, 1.165) is 19.4 Å². The van der Waals surface area contributed by atoms with Gasteiger partial charge in [0.1, 0.15) is 5.69 Å². The number of hydrogen-bond acceptors (Lipinski definition) is 4. The fraction of sp³-hybridized carbons (Fsp3) is 0.312. The molecule has 0 atom stereocenters. The van der Waals surface area contributed by atoms with Crippen molar-refractivity contribution in [1.29, 1.82) is 0 Å². The summed E-state index contributed by atoms with van der Waals surface area (Å²) in [5, 5.41) is 9.94. The lowest BCUT2D eigenvalue weighted by atomic mass is 10.3. The quantitative estimate of drug-likeness (QED) is 0.803. The minimum absolute atomic E-state index is 0.224. The summed E-state index contributed by atoms with van der Waals surface area (Å²) in [7, 11) is 0. The van der Waals surface area contributed by atoms with Gasteiger partial charge in [0.15, 0.2) is 0 Å². The van der Waals surface area contributed by atoms with E-state index in [0.29, 0.717) is 11.4 Å². The van der Waals surface area contributed by atoms with E-state index < -0.39 is 0 Å². The Hall–Kier alpha value is -2.63. The smallest absolute Gasteiger partial charge is 0.297 e. The van der Waals surface area contributed by atoms with Crippen molar-refractivity contribution in [3.8, 4) is 5.69 Å². The van der Waals surface area contributed by atoms with Crippen LogP contribution in [-0.4, -0.2) is 22.2 Å². The maximum atomic E-state index is 12.6. The van der Waals surface area contributed by atoms with Gasteiger partial charge in [-0.25, -0.2) is 0 Å². The molecular formula is C16H20N4O2. The molecule has 1 aromatic heterocycles. The van der Waals surface area contributed by atoms with Crippen molar-refractivity contribution in [2.24, 2.45) is 0 Å². The van der Waals surface area contributed by atoms with E-state index in [1.807, 2.05) is 18.2 Å². The average molecular weight is 300 g/mol. The van der Waals surface area contributed by atoms with Gasteiger partial charge in [-0.05, 0) is 18.6 Å². The fourth-order valence-electron chi connectivity index (χ4n) is 2.04. The average Bonchev–Trinajstić information content (AvgIpc) is 2.51. The molecule has 0 saturated heterocycles. The Morgan fingerprint density at radius 1 is 1.27 bits per heavy atom. The van der Waals surface area contributed by atoms with Gasteiger partial charge < -0.3 is 10.6 Å². The number of benzene rings is 1. The monoisotopic (exact) mass is 300 g/mol. The highest BCUT2D eigenvalue weighted by Gasteiger charge is 2.13. The third-order valence-corrected chi connectivity index (χ3v) is 3.13. The molecule has 2 rings (SSSR count). The molecule has 1 aromatic carbocycles. The molecule has 0 unspecified atom stereocenters. The van der Waals surface area contributed by atoms with Gasteiger partial charge in [0.2, 0.25) is 5.91 Å². The van der Waals surface area contributed by atoms with E-state index in [2.05, 4.69) is 22.7 Å². The molecule has 116 valence electrons. The number of carbonyl (C=O) groups excluding carboxylic acids is 1. The number of para-hydroxylation sites is 1. The zero-order valence-electron chi connectivity index (χ0n) is 12.8. The Morgan fingerprint density at radius 3 is 2.64 bits per heavy atom. The molecule has 0 bridgehead atoms. The van der Waals surface area contributed by atoms with Crippen LogP contribution in [0.5, 0.6) is 0 Å². The number of carbonyl (C=O) groups is 1. The Bertz CT molecular complexity index is 695. The summed E-state index contributed by atoms with van der Waals surface area (Å²) in [4.78, 5) is 24.0. The van der Waals surface area contributed by atoms with Crippen LogP contribution in [0.15, 0.2) is 41.3 Å². The summed E-state index contributed by atoms with van der Waals surface area (Å²) in [5.74, 6) is -0.290. The van der Waals surface area contributed by atoms with Gasteiger partial charge in [-0.1, -0.05) is 31.5 Å². The van der Waals surface area contributed by atoms with Gasteiger partial charge in [-0.3, -0.25) is 9.59 Å².